The van der Waals surface area contributed by atoms with Crippen molar-refractivity contribution in [2.45, 2.75) is 56.5 Å². The molecular weight excluding hydrogens is 242 g/mol. The molecule has 5 nitrogen and oxygen atoms in total. The molecule has 1 heterocycles. The van der Waals surface area contributed by atoms with Gasteiger partial charge in [-0.3, -0.25) is 4.79 Å². The second-order valence-electron chi connectivity index (χ2n) is 5.87. The zero-order valence-electron chi connectivity index (χ0n) is 11.3. The minimum Gasteiger partial charge on any atom is -0.360 e. The van der Waals surface area contributed by atoms with Gasteiger partial charge in [0.05, 0.1) is 0 Å². The third kappa shape index (κ3) is 2.66. The Balaban J connectivity index is 1.64. The quantitative estimate of drug-likeness (QED) is 0.904. The Kier molecular flexibility index (Phi) is 3.31. The Labute approximate surface area is 113 Å². The van der Waals surface area contributed by atoms with Crippen molar-refractivity contribution in [3.63, 3.8) is 0 Å². The minimum absolute atomic E-state index is 0.0314. The van der Waals surface area contributed by atoms with Gasteiger partial charge in [-0.1, -0.05) is 5.16 Å². The number of rotatable bonds is 3. The summed E-state index contributed by atoms with van der Waals surface area (Å²) in [7, 11) is 1.86. The van der Waals surface area contributed by atoms with Crippen LogP contribution in [0.3, 0.4) is 0 Å². The van der Waals surface area contributed by atoms with Crippen molar-refractivity contribution in [3.05, 3.63) is 17.5 Å². The number of hydrogen-bond donors (Lipinski definition) is 1. The fraction of sp³-hybridized carbons (Fsp3) is 0.714. The summed E-state index contributed by atoms with van der Waals surface area (Å²) in [4.78, 5) is 14.2. The molecule has 0 unspecified atom stereocenters. The van der Waals surface area contributed by atoms with Crippen LogP contribution in [0.1, 0.15) is 60.7 Å². The summed E-state index contributed by atoms with van der Waals surface area (Å²) in [6.07, 6.45) is 6.26. The van der Waals surface area contributed by atoms with Crippen molar-refractivity contribution in [1.82, 2.24) is 10.1 Å². The van der Waals surface area contributed by atoms with Crippen LogP contribution in [0.25, 0.3) is 0 Å². The van der Waals surface area contributed by atoms with Crippen LogP contribution < -0.4 is 5.73 Å². The van der Waals surface area contributed by atoms with E-state index in [0.29, 0.717) is 17.7 Å². The highest BCUT2D eigenvalue weighted by atomic mass is 16.5. The van der Waals surface area contributed by atoms with Crippen molar-refractivity contribution in [1.29, 1.82) is 0 Å². The lowest BCUT2D eigenvalue weighted by atomic mass is 9.91. The van der Waals surface area contributed by atoms with E-state index in [0.717, 1.165) is 44.3 Å². The van der Waals surface area contributed by atoms with Crippen LogP contribution in [-0.4, -0.2) is 35.1 Å². The van der Waals surface area contributed by atoms with Gasteiger partial charge in [0.25, 0.3) is 5.91 Å². The van der Waals surface area contributed by atoms with Crippen LogP contribution in [-0.2, 0) is 0 Å². The lowest BCUT2D eigenvalue weighted by Crippen LogP contribution is -2.41. The van der Waals surface area contributed by atoms with Gasteiger partial charge in [-0.2, -0.15) is 0 Å². The third-order valence-electron chi connectivity index (χ3n) is 4.34. The van der Waals surface area contributed by atoms with Gasteiger partial charge < -0.3 is 15.2 Å². The Morgan fingerprint density at radius 3 is 2.63 bits per heavy atom. The molecule has 0 saturated heterocycles. The number of nitrogens with zero attached hydrogens (tertiary/aromatic N) is 2. The summed E-state index contributed by atoms with van der Waals surface area (Å²) in [6, 6.07) is 2.40. The number of carbonyl (C=O) groups excluding carboxylic acids is 1. The highest BCUT2D eigenvalue weighted by Crippen LogP contribution is 2.40. The predicted molar refractivity (Wildman–Crippen MR) is 70.8 cm³/mol. The molecule has 5 heteroatoms. The van der Waals surface area contributed by atoms with Crippen molar-refractivity contribution < 1.29 is 9.32 Å². The minimum atomic E-state index is -0.0314. The third-order valence-corrected chi connectivity index (χ3v) is 4.34. The van der Waals surface area contributed by atoms with E-state index in [-0.39, 0.29) is 11.9 Å². The topological polar surface area (TPSA) is 72.4 Å². The maximum absolute atomic E-state index is 12.4. The first-order valence-electron chi connectivity index (χ1n) is 7.14. The van der Waals surface area contributed by atoms with Crippen LogP contribution in [0.5, 0.6) is 0 Å². The SMILES string of the molecule is CN(C(=O)c1cc(C2CC2)on1)C1CCC(N)CC1. The molecule has 3 rings (SSSR count). The molecule has 2 aliphatic rings. The Hall–Kier alpha value is -1.36. The molecule has 19 heavy (non-hydrogen) atoms. The highest BCUT2D eigenvalue weighted by Gasteiger charge is 2.31. The van der Waals surface area contributed by atoms with E-state index in [1.54, 1.807) is 4.90 Å². The summed E-state index contributed by atoms with van der Waals surface area (Å²) in [5, 5.41) is 3.92. The molecule has 2 saturated carbocycles. The molecule has 0 atom stereocenters. The molecule has 0 aliphatic heterocycles. The van der Waals surface area contributed by atoms with E-state index in [2.05, 4.69) is 5.16 Å². The molecule has 2 N–H and O–H groups in total. The van der Waals surface area contributed by atoms with Crippen LogP contribution in [0.2, 0.25) is 0 Å². The smallest absolute Gasteiger partial charge is 0.276 e. The molecular formula is C14H21N3O2. The second kappa shape index (κ2) is 4.96. The van der Waals surface area contributed by atoms with Gasteiger partial charge in [0.15, 0.2) is 5.69 Å². The number of amides is 1. The van der Waals surface area contributed by atoms with Crippen molar-refractivity contribution in [2.24, 2.45) is 5.73 Å². The largest absolute Gasteiger partial charge is 0.360 e. The fourth-order valence-electron chi connectivity index (χ4n) is 2.79. The monoisotopic (exact) mass is 263 g/mol. The van der Waals surface area contributed by atoms with Crippen LogP contribution in [0, 0.1) is 0 Å². The lowest BCUT2D eigenvalue weighted by Gasteiger charge is -2.33. The summed E-state index contributed by atoms with van der Waals surface area (Å²) in [5.41, 5.74) is 6.34. The molecule has 2 fully saturated rings. The van der Waals surface area contributed by atoms with E-state index in [4.69, 9.17) is 10.3 Å². The number of hydrogen-bond acceptors (Lipinski definition) is 4. The predicted octanol–water partition coefficient (Wildman–Crippen LogP) is 1.89. The van der Waals surface area contributed by atoms with Crippen molar-refractivity contribution in [2.75, 3.05) is 7.05 Å². The first kappa shape index (κ1) is 12.7. The molecule has 2 aliphatic carbocycles. The zero-order chi connectivity index (χ0) is 13.4. The van der Waals surface area contributed by atoms with Crippen LogP contribution >= 0.6 is 0 Å². The van der Waals surface area contributed by atoms with E-state index in [9.17, 15) is 4.79 Å². The van der Waals surface area contributed by atoms with Crippen molar-refractivity contribution in [3.8, 4) is 0 Å². The van der Waals surface area contributed by atoms with Gasteiger partial charge in [-0.05, 0) is 38.5 Å². The normalized spacial score (nSPS) is 27.3. The summed E-state index contributed by atoms with van der Waals surface area (Å²) < 4.78 is 5.25. The van der Waals surface area contributed by atoms with Gasteiger partial charge in [0, 0.05) is 31.1 Å². The van der Waals surface area contributed by atoms with Crippen LogP contribution in [0.4, 0.5) is 0 Å². The Morgan fingerprint density at radius 1 is 1.32 bits per heavy atom. The molecule has 1 aromatic rings. The highest BCUT2D eigenvalue weighted by molar-refractivity contribution is 5.92. The van der Waals surface area contributed by atoms with Gasteiger partial charge in [-0.15, -0.1) is 0 Å². The van der Waals surface area contributed by atoms with Gasteiger partial charge >= 0.3 is 0 Å². The Morgan fingerprint density at radius 2 is 2.00 bits per heavy atom. The lowest BCUT2D eigenvalue weighted by molar-refractivity contribution is 0.0679. The Bertz CT molecular complexity index is 459. The first-order valence-corrected chi connectivity index (χ1v) is 7.14. The van der Waals surface area contributed by atoms with Crippen molar-refractivity contribution >= 4 is 5.91 Å². The second-order valence-corrected chi connectivity index (χ2v) is 5.87. The molecule has 0 radical (unpaired) electrons. The van der Waals surface area contributed by atoms with Crippen LogP contribution in [0.15, 0.2) is 10.6 Å². The zero-order valence-corrected chi connectivity index (χ0v) is 11.3. The van der Waals surface area contributed by atoms with E-state index in [1.165, 1.54) is 0 Å². The number of carbonyl (C=O) groups is 1. The summed E-state index contributed by atoms with van der Waals surface area (Å²) in [6.45, 7) is 0. The van der Waals surface area contributed by atoms with E-state index < -0.39 is 0 Å². The van der Waals surface area contributed by atoms with E-state index >= 15 is 0 Å². The summed E-state index contributed by atoms with van der Waals surface area (Å²) in [5.74, 6) is 1.32. The van der Waals surface area contributed by atoms with Gasteiger partial charge in [0.2, 0.25) is 0 Å². The molecule has 0 aromatic carbocycles. The maximum Gasteiger partial charge on any atom is 0.276 e. The number of nitrogens with two attached hydrogens (primary N) is 1. The van der Waals surface area contributed by atoms with Gasteiger partial charge in [-0.25, -0.2) is 0 Å². The summed E-state index contributed by atoms with van der Waals surface area (Å²) >= 11 is 0. The average molecular weight is 263 g/mol. The van der Waals surface area contributed by atoms with Gasteiger partial charge in [0.1, 0.15) is 5.76 Å². The standard InChI is InChI=1S/C14H21N3O2/c1-17(11-6-4-10(15)5-7-11)14(18)12-8-13(19-16-12)9-2-3-9/h8-11H,2-7,15H2,1H3. The maximum atomic E-state index is 12.4. The van der Waals surface area contributed by atoms with E-state index in [1.807, 2.05) is 13.1 Å². The number of aromatic nitrogens is 1. The molecule has 0 spiro atoms. The first-order chi connectivity index (χ1) is 9.15. The molecule has 1 aromatic heterocycles. The molecule has 104 valence electrons. The molecule has 1 amide bonds. The average Bonchev–Trinajstić information content (AvgIpc) is 3.16. The fourth-order valence-corrected chi connectivity index (χ4v) is 2.79. The molecule has 0 bridgehead atoms.